The minimum Gasteiger partial charge on any atom is -0.386 e. The molecule has 3 rings (SSSR count). The van der Waals surface area contributed by atoms with E-state index in [-0.39, 0.29) is 0 Å². The fourth-order valence-electron chi connectivity index (χ4n) is 3.28. The number of anilines is 3. The summed E-state index contributed by atoms with van der Waals surface area (Å²) in [5.74, 6) is 1.24. The number of nitrogen functional groups attached to an aromatic ring is 1. The van der Waals surface area contributed by atoms with Crippen LogP contribution in [0, 0.1) is 0 Å². The lowest BCUT2D eigenvalue weighted by atomic mass is 10.0. The van der Waals surface area contributed by atoms with E-state index in [4.69, 9.17) is 15.5 Å². The molecule has 3 heterocycles. The molecular formula is C16H26N6O2. The highest BCUT2D eigenvalue weighted by molar-refractivity contribution is 5.96. The van der Waals surface area contributed by atoms with E-state index in [1.807, 2.05) is 11.5 Å². The number of rotatable bonds is 6. The predicted octanol–water partition coefficient (Wildman–Crippen LogP) is 1.05. The summed E-state index contributed by atoms with van der Waals surface area (Å²) in [5, 5.41) is 14.0. The van der Waals surface area contributed by atoms with Crippen molar-refractivity contribution >= 4 is 28.5 Å². The van der Waals surface area contributed by atoms with Gasteiger partial charge in [-0.05, 0) is 13.3 Å². The second-order valence-electron chi connectivity index (χ2n) is 6.59. The molecule has 1 aliphatic heterocycles. The summed E-state index contributed by atoms with van der Waals surface area (Å²) in [4.78, 5) is 11.1. The van der Waals surface area contributed by atoms with Crippen LogP contribution in [0.1, 0.15) is 20.3 Å². The zero-order valence-electron chi connectivity index (χ0n) is 14.5. The molecule has 8 heteroatoms. The van der Waals surface area contributed by atoms with Crippen molar-refractivity contribution in [1.29, 1.82) is 0 Å². The first-order chi connectivity index (χ1) is 11.5. The average molecular weight is 334 g/mol. The van der Waals surface area contributed by atoms with Crippen LogP contribution in [0.4, 0.5) is 17.5 Å². The molecule has 0 saturated heterocycles. The molecule has 0 spiro atoms. The molecule has 0 aromatic carbocycles. The van der Waals surface area contributed by atoms with E-state index in [1.54, 1.807) is 13.3 Å². The third-order valence-corrected chi connectivity index (χ3v) is 4.21. The van der Waals surface area contributed by atoms with Crippen LogP contribution in [0.25, 0.3) is 11.0 Å². The number of imidazole rings is 1. The van der Waals surface area contributed by atoms with Gasteiger partial charge in [0.05, 0.1) is 42.7 Å². The van der Waals surface area contributed by atoms with Crippen LogP contribution in [-0.4, -0.2) is 58.6 Å². The first-order valence-corrected chi connectivity index (χ1v) is 8.31. The third kappa shape index (κ3) is 2.99. The van der Waals surface area contributed by atoms with Crippen molar-refractivity contribution in [3.8, 4) is 0 Å². The fourth-order valence-corrected chi connectivity index (χ4v) is 3.28. The summed E-state index contributed by atoms with van der Waals surface area (Å²) in [7, 11) is 1.67. The highest BCUT2D eigenvalue weighted by atomic mass is 16.5. The van der Waals surface area contributed by atoms with Crippen molar-refractivity contribution in [3.05, 3.63) is 6.20 Å². The molecule has 1 atom stereocenters. The largest absolute Gasteiger partial charge is 0.386 e. The standard InChI is InChI=1S/C16H26N6O2/c1-4-6-21-9-16(2,23)10-22-13-11(18-5-7-24-3)8-19-14(17)12(13)20-15(21)22/h8,18,23H,4-7,9-10H2,1-3H3,(H2,17,19). The van der Waals surface area contributed by atoms with Gasteiger partial charge in [-0.15, -0.1) is 0 Å². The highest BCUT2D eigenvalue weighted by Crippen LogP contribution is 2.35. The first kappa shape index (κ1) is 16.8. The Bertz CT molecular complexity index is 727. The maximum atomic E-state index is 10.7. The molecule has 0 radical (unpaired) electrons. The van der Waals surface area contributed by atoms with E-state index in [0.717, 1.165) is 30.1 Å². The number of pyridine rings is 1. The van der Waals surface area contributed by atoms with Crippen LogP contribution >= 0.6 is 0 Å². The van der Waals surface area contributed by atoms with E-state index in [9.17, 15) is 5.11 Å². The number of nitrogens with two attached hydrogens (primary N) is 1. The van der Waals surface area contributed by atoms with Gasteiger partial charge in [0.2, 0.25) is 5.95 Å². The Morgan fingerprint density at radius 2 is 2.25 bits per heavy atom. The molecule has 0 saturated carbocycles. The van der Waals surface area contributed by atoms with Crippen molar-refractivity contribution in [2.24, 2.45) is 0 Å². The minimum absolute atomic E-state index is 0.403. The van der Waals surface area contributed by atoms with Gasteiger partial charge in [-0.3, -0.25) is 0 Å². The Kier molecular flexibility index (Phi) is 4.51. The van der Waals surface area contributed by atoms with Gasteiger partial charge in [-0.1, -0.05) is 6.92 Å². The normalized spacial score (nSPS) is 20.4. The number of aromatic nitrogens is 3. The Hall–Kier alpha value is -2.06. The van der Waals surface area contributed by atoms with Crippen LogP contribution in [0.3, 0.4) is 0 Å². The van der Waals surface area contributed by atoms with E-state index in [2.05, 4.69) is 22.1 Å². The monoisotopic (exact) mass is 334 g/mol. The van der Waals surface area contributed by atoms with Gasteiger partial charge < -0.3 is 30.4 Å². The molecule has 2 aromatic heterocycles. The maximum Gasteiger partial charge on any atom is 0.206 e. The molecule has 0 bridgehead atoms. The number of hydrogen-bond acceptors (Lipinski definition) is 7. The van der Waals surface area contributed by atoms with Gasteiger partial charge in [-0.2, -0.15) is 0 Å². The van der Waals surface area contributed by atoms with Gasteiger partial charge >= 0.3 is 0 Å². The summed E-state index contributed by atoms with van der Waals surface area (Å²) in [5.41, 5.74) is 7.64. The minimum atomic E-state index is -0.822. The van der Waals surface area contributed by atoms with E-state index < -0.39 is 5.60 Å². The summed E-state index contributed by atoms with van der Waals surface area (Å²) < 4.78 is 7.14. The molecule has 1 unspecified atom stereocenters. The van der Waals surface area contributed by atoms with Crippen molar-refractivity contribution in [1.82, 2.24) is 14.5 Å². The van der Waals surface area contributed by atoms with Gasteiger partial charge in [0.15, 0.2) is 5.82 Å². The van der Waals surface area contributed by atoms with Crippen LogP contribution in [-0.2, 0) is 11.3 Å². The second-order valence-corrected chi connectivity index (χ2v) is 6.59. The first-order valence-electron chi connectivity index (χ1n) is 8.31. The number of ether oxygens (including phenoxy) is 1. The van der Waals surface area contributed by atoms with Crippen LogP contribution in [0.15, 0.2) is 6.20 Å². The van der Waals surface area contributed by atoms with Crippen molar-refractivity contribution < 1.29 is 9.84 Å². The number of nitrogens with one attached hydrogen (secondary N) is 1. The van der Waals surface area contributed by atoms with E-state index >= 15 is 0 Å². The maximum absolute atomic E-state index is 10.7. The van der Waals surface area contributed by atoms with Gasteiger partial charge in [-0.25, -0.2) is 9.97 Å². The Balaban J connectivity index is 2.12. The Labute approximate surface area is 141 Å². The summed E-state index contributed by atoms with van der Waals surface area (Å²) in [6.45, 7) is 7.08. The molecule has 8 nitrogen and oxygen atoms in total. The highest BCUT2D eigenvalue weighted by Gasteiger charge is 2.35. The number of nitrogens with zero attached hydrogens (tertiary/aromatic N) is 4. The number of fused-ring (bicyclic) bond motifs is 3. The average Bonchev–Trinajstić information content (AvgIpc) is 2.89. The van der Waals surface area contributed by atoms with Gasteiger partial charge in [0.1, 0.15) is 5.52 Å². The number of aliphatic hydroxyl groups is 1. The van der Waals surface area contributed by atoms with Crippen LogP contribution in [0.5, 0.6) is 0 Å². The summed E-state index contributed by atoms with van der Waals surface area (Å²) in [6, 6.07) is 0. The van der Waals surface area contributed by atoms with Crippen molar-refractivity contribution in [2.75, 3.05) is 49.3 Å². The van der Waals surface area contributed by atoms with Crippen molar-refractivity contribution in [2.45, 2.75) is 32.4 Å². The molecule has 2 aromatic rings. The fraction of sp³-hybridized carbons (Fsp3) is 0.625. The van der Waals surface area contributed by atoms with Crippen LogP contribution in [0.2, 0.25) is 0 Å². The van der Waals surface area contributed by atoms with Crippen molar-refractivity contribution in [3.63, 3.8) is 0 Å². The Morgan fingerprint density at radius 3 is 2.96 bits per heavy atom. The number of hydrogen-bond donors (Lipinski definition) is 3. The zero-order chi connectivity index (χ0) is 17.3. The van der Waals surface area contributed by atoms with Gasteiger partial charge in [0.25, 0.3) is 0 Å². The second kappa shape index (κ2) is 6.45. The molecule has 1 aliphatic rings. The van der Waals surface area contributed by atoms with E-state index in [1.165, 1.54) is 0 Å². The topological polar surface area (TPSA) is 101 Å². The summed E-state index contributed by atoms with van der Waals surface area (Å²) in [6.07, 6.45) is 2.70. The third-order valence-electron chi connectivity index (χ3n) is 4.21. The van der Waals surface area contributed by atoms with Crippen LogP contribution < -0.4 is 16.0 Å². The molecular weight excluding hydrogens is 308 g/mol. The van der Waals surface area contributed by atoms with E-state index in [0.29, 0.717) is 37.6 Å². The zero-order valence-corrected chi connectivity index (χ0v) is 14.5. The molecule has 24 heavy (non-hydrogen) atoms. The van der Waals surface area contributed by atoms with Gasteiger partial charge in [0, 0.05) is 20.2 Å². The Morgan fingerprint density at radius 1 is 1.46 bits per heavy atom. The molecule has 0 aliphatic carbocycles. The molecule has 0 fully saturated rings. The number of β-amino-alcohol motifs (C(OH)–C–C–N with tert-alkyl or cyclic N) is 1. The predicted molar refractivity (Wildman–Crippen MR) is 95.4 cm³/mol. The number of methoxy groups -OCH3 is 1. The lowest BCUT2D eigenvalue weighted by Crippen LogP contribution is -2.49. The quantitative estimate of drug-likeness (QED) is 0.679. The lowest BCUT2D eigenvalue weighted by molar-refractivity contribution is 0.0416. The summed E-state index contributed by atoms with van der Waals surface area (Å²) >= 11 is 0. The molecule has 132 valence electrons. The molecule has 0 amide bonds. The lowest BCUT2D eigenvalue weighted by Gasteiger charge is -2.38. The smallest absolute Gasteiger partial charge is 0.206 e. The molecule has 4 N–H and O–H groups in total. The SMILES string of the molecule is CCCN1CC(C)(O)Cn2c1nc1c(N)ncc(NCCOC)c12.